The number of rotatable bonds is 1. The monoisotopic (exact) mass is 120 g/mol. The summed E-state index contributed by atoms with van der Waals surface area (Å²) >= 11 is 0. The highest BCUT2D eigenvalue weighted by Crippen LogP contribution is 1.90. The summed E-state index contributed by atoms with van der Waals surface area (Å²) in [6, 6.07) is 0.513. The molecule has 1 aliphatic heterocycles. The molecular formula is C3H9B3N3. The summed E-state index contributed by atoms with van der Waals surface area (Å²) in [6.45, 7) is 4.25. The third kappa shape index (κ3) is 2.04. The smallest absolute Gasteiger partial charge is 0.287 e. The summed E-state index contributed by atoms with van der Waals surface area (Å²) in [6.07, 6.45) is 0. The van der Waals surface area contributed by atoms with Crippen molar-refractivity contribution in [3.8, 4) is 0 Å². The first-order chi connectivity index (χ1) is 4.30. The fraction of sp³-hybridized carbons (Fsp3) is 1.00. The number of nitrogens with one attached hydrogen (secondary N) is 2. The minimum atomic E-state index is 0.513. The molecule has 1 heterocycles. The van der Waals surface area contributed by atoms with Gasteiger partial charge in [0, 0.05) is 0 Å². The topological polar surface area (TPSA) is 27.3 Å². The van der Waals surface area contributed by atoms with Gasteiger partial charge < -0.3 is 15.0 Å². The molecule has 1 rings (SSSR count). The van der Waals surface area contributed by atoms with E-state index in [1.807, 2.05) is 15.1 Å². The van der Waals surface area contributed by atoms with Gasteiger partial charge in [-0.05, 0) is 6.04 Å². The lowest BCUT2D eigenvalue weighted by Crippen LogP contribution is -2.59. The Morgan fingerprint density at radius 1 is 1.22 bits per heavy atom. The standard InChI is InChI=1S/C3H9B3N3/c1-3(2)9-5-7-4-8-6-9/h3,7-8H,1-2H3. The molecule has 1 fully saturated rings. The van der Waals surface area contributed by atoms with Crippen LogP contribution in [0, 0.1) is 0 Å². The Morgan fingerprint density at radius 3 is 2.11 bits per heavy atom. The zero-order valence-electron chi connectivity index (χ0n) is 5.76. The third-order valence-electron chi connectivity index (χ3n) is 1.21. The predicted octanol–water partition coefficient (Wildman–Crippen LogP) is -1.51. The molecule has 3 nitrogen and oxygen atoms in total. The minimum absolute atomic E-state index is 0.513. The van der Waals surface area contributed by atoms with Crippen LogP contribution in [0.4, 0.5) is 0 Å². The van der Waals surface area contributed by atoms with Crippen LogP contribution in [0.1, 0.15) is 13.8 Å². The average molecular weight is 120 g/mol. The highest BCUT2D eigenvalue weighted by molar-refractivity contribution is 6.65. The van der Waals surface area contributed by atoms with Crippen molar-refractivity contribution in [2.24, 2.45) is 0 Å². The Hall–Kier alpha value is 0.0748. The quantitative estimate of drug-likeness (QED) is 0.411. The van der Waals surface area contributed by atoms with E-state index in [9.17, 15) is 0 Å². The first-order valence-corrected chi connectivity index (χ1v) is 3.08. The van der Waals surface area contributed by atoms with Gasteiger partial charge in [-0.1, -0.05) is 13.8 Å². The van der Waals surface area contributed by atoms with Gasteiger partial charge in [-0.3, -0.25) is 0 Å². The van der Waals surface area contributed by atoms with Crippen LogP contribution in [0.2, 0.25) is 0 Å². The van der Waals surface area contributed by atoms with Crippen molar-refractivity contribution < 1.29 is 0 Å². The molecule has 0 spiro atoms. The van der Waals surface area contributed by atoms with E-state index in [1.165, 1.54) is 0 Å². The zero-order valence-corrected chi connectivity index (χ0v) is 5.76. The number of nitrogens with zero attached hydrogens (tertiary/aromatic N) is 1. The van der Waals surface area contributed by atoms with Crippen LogP contribution in [0.25, 0.3) is 0 Å². The Bertz CT molecular complexity index is 82.4. The van der Waals surface area contributed by atoms with Crippen molar-refractivity contribution in [2.45, 2.75) is 19.9 Å². The van der Waals surface area contributed by atoms with E-state index in [4.69, 9.17) is 0 Å². The van der Waals surface area contributed by atoms with E-state index in [1.54, 1.807) is 7.55 Å². The van der Waals surface area contributed by atoms with Gasteiger partial charge in [0.05, 0.1) is 0 Å². The molecule has 0 unspecified atom stereocenters. The molecule has 0 saturated carbocycles. The fourth-order valence-corrected chi connectivity index (χ4v) is 0.630. The summed E-state index contributed by atoms with van der Waals surface area (Å²) in [5.41, 5.74) is 0. The molecule has 6 heteroatoms. The fourth-order valence-electron chi connectivity index (χ4n) is 0.630. The van der Waals surface area contributed by atoms with Crippen molar-refractivity contribution in [1.82, 2.24) is 15.0 Å². The Labute approximate surface area is 58.4 Å². The van der Waals surface area contributed by atoms with Crippen molar-refractivity contribution in [3.05, 3.63) is 0 Å². The van der Waals surface area contributed by atoms with E-state index in [-0.39, 0.29) is 0 Å². The summed E-state index contributed by atoms with van der Waals surface area (Å²) in [4.78, 5) is 0. The van der Waals surface area contributed by atoms with Crippen LogP contribution in [0.5, 0.6) is 0 Å². The van der Waals surface area contributed by atoms with Crippen molar-refractivity contribution in [2.75, 3.05) is 0 Å². The van der Waals surface area contributed by atoms with Gasteiger partial charge >= 0.3 is 0 Å². The molecule has 0 aromatic rings. The van der Waals surface area contributed by atoms with Crippen molar-refractivity contribution in [1.29, 1.82) is 0 Å². The summed E-state index contributed by atoms with van der Waals surface area (Å²) in [5, 5.41) is 5.90. The predicted molar refractivity (Wildman–Crippen MR) is 40.5 cm³/mol. The second-order valence-electron chi connectivity index (χ2n) is 2.28. The van der Waals surface area contributed by atoms with Gasteiger partial charge in [-0.2, -0.15) is 0 Å². The van der Waals surface area contributed by atoms with Crippen LogP contribution in [0.3, 0.4) is 0 Å². The molecule has 1 saturated heterocycles. The lowest BCUT2D eigenvalue weighted by molar-refractivity contribution is 0.538. The lowest BCUT2D eigenvalue weighted by atomic mass is 9.79. The van der Waals surface area contributed by atoms with Gasteiger partial charge in [0.15, 0.2) is 0 Å². The second kappa shape index (κ2) is 3.30. The molecule has 45 valence electrons. The van der Waals surface area contributed by atoms with Gasteiger partial charge in [-0.25, -0.2) is 0 Å². The molecule has 9 heavy (non-hydrogen) atoms. The van der Waals surface area contributed by atoms with Gasteiger partial charge in [0.25, 0.3) is 22.6 Å². The molecule has 0 aromatic heterocycles. The van der Waals surface area contributed by atoms with Crippen molar-refractivity contribution in [3.63, 3.8) is 0 Å². The Balaban J connectivity index is 2.23. The minimum Gasteiger partial charge on any atom is -0.379 e. The molecule has 2 N–H and O–H groups in total. The van der Waals surface area contributed by atoms with E-state index >= 15 is 0 Å². The van der Waals surface area contributed by atoms with Crippen LogP contribution in [-0.2, 0) is 0 Å². The number of hydrogen-bond donors (Lipinski definition) is 2. The summed E-state index contributed by atoms with van der Waals surface area (Å²) in [5.74, 6) is 0. The lowest BCUT2D eigenvalue weighted by Gasteiger charge is -2.28. The molecule has 0 atom stereocenters. The molecule has 0 aromatic carbocycles. The van der Waals surface area contributed by atoms with Gasteiger partial charge in [0.2, 0.25) is 0 Å². The van der Waals surface area contributed by atoms with Gasteiger partial charge in [0.1, 0.15) is 0 Å². The molecule has 0 amide bonds. The number of hydrogen-bond acceptors (Lipinski definition) is 3. The molecule has 3 radical (unpaired) electrons. The Kier molecular flexibility index (Phi) is 2.63. The Morgan fingerprint density at radius 2 is 1.78 bits per heavy atom. The highest BCUT2D eigenvalue weighted by atomic mass is 15.1. The van der Waals surface area contributed by atoms with Crippen LogP contribution in [-0.4, -0.2) is 33.4 Å². The maximum absolute atomic E-state index is 2.95. The van der Waals surface area contributed by atoms with E-state index < -0.39 is 0 Å². The first kappa shape index (κ1) is 7.19. The normalized spacial score (nSPS) is 20.3. The summed E-state index contributed by atoms with van der Waals surface area (Å²) < 4.78 is 2.06. The van der Waals surface area contributed by atoms with Crippen LogP contribution >= 0.6 is 0 Å². The molecule has 0 bridgehead atoms. The molecular weight excluding hydrogens is 110 g/mol. The van der Waals surface area contributed by atoms with E-state index in [2.05, 4.69) is 28.8 Å². The van der Waals surface area contributed by atoms with E-state index in [0.29, 0.717) is 6.04 Å². The maximum atomic E-state index is 2.95. The molecule has 0 aliphatic carbocycles. The largest absolute Gasteiger partial charge is 0.379 e. The van der Waals surface area contributed by atoms with Crippen molar-refractivity contribution >= 4 is 22.6 Å². The second-order valence-corrected chi connectivity index (χ2v) is 2.28. The van der Waals surface area contributed by atoms with Gasteiger partial charge in [-0.15, -0.1) is 0 Å². The first-order valence-electron chi connectivity index (χ1n) is 3.08. The van der Waals surface area contributed by atoms with E-state index in [0.717, 1.165) is 0 Å². The zero-order chi connectivity index (χ0) is 6.69. The maximum Gasteiger partial charge on any atom is 0.287 e. The van der Waals surface area contributed by atoms with Crippen LogP contribution < -0.4 is 10.3 Å². The highest BCUT2D eigenvalue weighted by Gasteiger charge is 2.15. The summed E-state index contributed by atoms with van der Waals surface area (Å²) in [7, 11) is 5.61. The SMILES string of the molecule is CC(C)N1[B]N[B]N[B]1. The average Bonchev–Trinajstić information content (AvgIpc) is 1.90. The van der Waals surface area contributed by atoms with Crippen LogP contribution in [0.15, 0.2) is 0 Å². The third-order valence-corrected chi connectivity index (χ3v) is 1.21. The molecule has 1 aliphatic rings.